The molecule has 0 radical (unpaired) electrons. The molecule has 1 atom stereocenters. The van der Waals surface area contributed by atoms with Crippen LogP contribution in [0, 0.1) is 0 Å². The number of carbonyl (C=O) groups excluding carboxylic acids is 3. The summed E-state index contributed by atoms with van der Waals surface area (Å²) >= 11 is 0. The van der Waals surface area contributed by atoms with E-state index < -0.39 is 6.10 Å². The Labute approximate surface area is 363 Å². The number of hydrogen-bond acceptors (Lipinski definition) is 6. The van der Waals surface area contributed by atoms with Crippen LogP contribution in [0.4, 0.5) is 0 Å². The van der Waals surface area contributed by atoms with Crippen LogP contribution >= 0.6 is 0 Å². The van der Waals surface area contributed by atoms with Crippen molar-refractivity contribution in [2.45, 2.75) is 232 Å². The van der Waals surface area contributed by atoms with Gasteiger partial charge in [-0.15, -0.1) is 0 Å². The van der Waals surface area contributed by atoms with Crippen LogP contribution in [0.15, 0.2) is 72.9 Å². The van der Waals surface area contributed by atoms with Gasteiger partial charge in [-0.1, -0.05) is 184 Å². The third-order valence-electron chi connectivity index (χ3n) is 10.2. The first-order valence-corrected chi connectivity index (χ1v) is 24.4. The molecule has 0 aromatic rings. The first-order valence-electron chi connectivity index (χ1n) is 24.4. The second kappa shape index (κ2) is 47.5. The first-order chi connectivity index (χ1) is 29.0. The van der Waals surface area contributed by atoms with E-state index in [4.69, 9.17) is 14.2 Å². The van der Waals surface area contributed by atoms with Gasteiger partial charge in [0.1, 0.15) is 13.2 Å². The highest BCUT2D eigenvalue weighted by Crippen LogP contribution is 2.13. The second-order valence-corrected chi connectivity index (χ2v) is 16.0. The minimum Gasteiger partial charge on any atom is -0.462 e. The number of allylic oxidation sites excluding steroid dienone is 12. The van der Waals surface area contributed by atoms with E-state index in [9.17, 15) is 14.4 Å². The highest BCUT2D eigenvalue weighted by atomic mass is 16.6. The zero-order valence-corrected chi connectivity index (χ0v) is 38.5. The van der Waals surface area contributed by atoms with Crippen molar-refractivity contribution in [1.82, 2.24) is 0 Å². The van der Waals surface area contributed by atoms with Crippen molar-refractivity contribution in [3.05, 3.63) is 72.9 Å². The molecular weight excluding hydrogens is 733 g/mol. The van der Waals surface area contributed by atoms with Crippen molar-refractivity contribution in [3.63, 3.8) is 0 Å². The molecule has 6 nitrogen and oxygen atoms in total. The van der Waals surface area contributed by atoms with E-state index >= 15 is 0 Å². The largest absolute Gasteiger partial charge is 0.462 e. The van der Waals surface area contributed by atoms with Crippen LogP contribution in [0.2, 0.25) is 0 Å². The Morgan fingerprint density at radius 1 is 0.356 bits per heavy atom. The lowest BCUT2D eigenvalue weighted by Gasteiger charge is -2.18. The van der Waals surface area contributed by atoms with E-state index in [1.54, 1.807) is 0 Å². The summed E-state index contributed by atoms with van der Waals surface area (Å²) < 4.78 is 16.7. The molecule has 0 bridgehead atoms. The van der Waals surface area contributed by atoms with Crippen molar-refractivity contribution in [2.24, 2.45) is 0 Å². The lowest BCUT2D eigenvalue weighted by Crippen LogP contribution is -2.30. The molecule has 0 aromatic carbocycles. The minimum absolute atomic E-state index is 0.107. The number of rotatable bonds is 43. The fraction of sp³-hybridized carbons (Fsp3) is 0.717. The molecular formula is C53H90O6. The van der Waals surface area contributed by atoms with Crippen molar-refractivity contribution >= 4 is 17.9 Å². The second-order valence-electron chi connectivity index (χ2n) is 16.0. The fourth-order valence-electron chi connectivity index (χ4n) is 6.50. The molecule has 0 heterocycles. The monoisotopic (exact) mass is 823 g/mol. The summed E-state index contributed by atoms with van der Waals surface area (Å²) in [6.07, 6.45) is 58.9. The Hall–Kier alpha value is -3.15. The molecule has 0 fully saturated rings. The molecule has 0 aliphatic rings. The van der Waals surface area contributed by atoms with E-state index in [0.29, 0.717) is 19.3 Å². The molecule has 0 saturated carbocycles. The predicted molar refractivity (Wildman–Crippen MR) is 251 cm³/mol. The van der Waals surface area contributed by atoms with Crippen molar-refractivity contribution < 1.29 is 28.6 Å². The van der Waals surface area contributed by atoms with Crippen LogP contribution in [-0.4, -0.2) is 37.2 Å². The van der Waals surface area contributed by atoms with Gasteiger partial charge in [0, 0.05) is 19.3 Å². The van der Waals surface area contributed by atoms with Gasteiger partial charge in [0.05, 0.1) is 0 Å². The van der Waals surface area contributed by atoms with E-state index in [1.807, 2.05) is 6.08 Å². The molecule has 0 spiro atoms. The highest BCUT2D eigenvalue weighted by molar-refractivity contribution is 5.71. The van der Waals surface area contributed by atoms with Crippen molar-refractivity contribution in [1.29, 1.82) is 0 Å². The lowest BCUT2D eigenvalue weighted by atomic mass is 10.1. The maximum absolute atomic E-state index is 12.7. The van der Waals surface area contributed by atoms with Crippen molar-refractivity contribution in [3.8, 4) is 0 Å². The van der Waals surface area contributed by atoms with Gasteiger partial charge in [0.25, 0.3) is 0 Å². The van der Waals surface area contributed by atoms with Crippen LogP contribution in [0.3, 0.4) is 0 Å². The Morgan fingerprint density at radius 2 is 0.695 bits per heavy atom. The highest BCUT2D eigenvalue weighted by Gasteiger charge is 2.19. The topological polar surface area (TPSA) is 78.9 Å². The summed E-state index contributed by atoms with van der Waals surface area (Å²) in [5.41, 5.74) is 0. The zero-order valence-electron chi connectivity index (χ0n) is 38.5. The quantitative estimate of drug-likeness (QED) is 0.0264. The lowest BCUT2D eigenvalue weighted by molar-refractivity contribution is -0.166. The van der Waals surface area contributed by atoms with Crippen LogP contribution in [0.25, 0.3) is 0 Å². The van der Waals surface area contributed by atoms with Crippen LogP contribution in [0.1, 0.15) is 226 Å². The van der Waals surface area contributed by atoms with Gasteiger partial charge in [-0.25, -0.2) is 0 Å². The Kier molecular flexibility index (Phi) is 45.0. The SMILES string of the molecule is CC/C=C\C/C=C\C/C=C\CCCCCCCCC(=O)OCC(COC(=O)CCCCCCC/C=C\CCCCC)OC(=O)CC/C=C\C/C=C\CCCCCCCC. The minimum atomic E-state index is -0.813. The van der Waals surface area contributed by atoms with E-state index in [1.165, 1.54) is 83.5 Å². The van der Waals surface area contributed by atoms with Crippen LogP contribution in [-0.2, 0) is 28.6 Å². The molecule has 0 aliphatic carbocycles. The molecule has 0 amide bonds. The number of esters is 3. The molecule has 1 unspecified atom stereocenters. The standard InChI is InChI=1S/C53H90O6/c1-4-7-10-13-16-19-22-25-26-27-29-31-34-37-40-43-46-52(55)58-49-50(48-57-51(54)45-42-39-36-33-30-24-21-18-15-12-9-6-3)59-53(56)47-44-41-38-35-32-28-23-20-17-14-11-8-5-2/h7,10,16,18-19,21,25-26,28,32,38,41,50H,4-6,8-9,11-15,17,20,22-24,27,29-31,33-37,39-40,42-49H2,1-3H3/b10-7-,19-16-,21-18-,26-25-,32-28-,41-38-. The number of carbonyl (C=O) groups is 3. The predicted octanol–water partition coefficient (Wildman–Crippen LogP) is 15.9. The summed E-state index contributed by atoms with van der Waals surface area (Å²) in [7, 11) is 0. The third-order valence-corrected chi connectivity index (χ3v) is 10.2. The average Bonchev–Trinajstić information content (AvgIpc) is 3.23. The Balaban J connectivity index is 4.47. The summed E-state index contributed by atoms with van der Waals surface area (Å²) in [6, 6.07) is 0. The van der Waals surface area contributed by atoms with Gasteiger partial charge < -0.3 is 14.2 Å². The molecule has 0 rings (SSSR count). The molecule has 0 aliphatic heterocycles. The molecule has 0 saturated heterocycles. The fourth-order valence-corrected chi connectivity index (χ4v) is 6.50. The van der Waals surface area contributed by atoms with Crippen LogP contribution < -0.4 is 0 Å². The van der Waals surface area contributed by atoms with E-state index in [-0.39, 0.29) is 37.5 Å². The van der Waals surface area contributed by atoms with E-state index in [0.717, 1.165) is 96.3 Å². The summed E-state index contributed by atoms with van der Waals surface area (Å²) in [5.74, 6) is -1.000. The maximum atomic E-state index is 12.7. The normalized spacial score (nSPS) is 12.7. The summed E-state index contributed by atoms with van der Waals surface area (Å²) in [4.78, 5) is 37.8. The maximum Gasteiger partial charge on any atom is 0.306 e. The van der Waals surface area contributed by atoms with Gasteiger partial charge in [-0.05, 0) is 96.3 Å². The Bertz CT molecular complexity index is 1130. The van der Waals surface area contributed by atoms with Gasteiger partial charge >= 0.3 is 17.9 Å². The van der Waals surface area contributed by atoms with E-state index in [2.05, 4.69) is 87.6 Å². The molecule has 59 heavy (non-hydrogen) atoms. The first kappa shape index (κ1) is 55.9. The van der Waals surface area contributed by atoms with Gasteiger partial charge in [-0.2, -0.15) is 0 Å². The van der Waals surface area contributed by atoms with Crippen LogP contribution in [0.5, 0.6) is 0 Å². The summed E-state index contributed by atoms with van der Waals surface area (Å²) in [5, 5.41) is 0. The third kappa shape index (κ3) is 45.8. The van der Waals surface area contributed by atoms with Crippen molar-refractivity contribution in [2.75, 3.05) is 13.2 Å². The number of hydrogen-bond donors (Lipinski definition) is 0. The summed E-state index contributed by atoms with van der Waals surface area (Å²) in [6.45, 7) is 6.41. The molecule has 0 N–H and O–H groups in total. The average molecular weight is 823 g/mol. The zero-order chi connectivity index (χ0) is 43.0. The molecule has 6 heteroatoms. The number of ether oxygens (including phenoxy) is 3. The number of unbranched alkanes of at least 4 members (excludes halogenated alkanes) is 20. The smallest absolute Gasteiger partial charge is 0.306 e. The van der Waals surface area contributed by atoms with Gasteiger partial charge in [0.2, 0.25) is 0 Å². The Morgan fingerprint density at radius 3 is 1.15 bits per heavy atom. The molecule has 0 aromatic heterocycles. The molecule has 338 valence electrons. The van der Waals surface area contributed by atoms with Gasteiger partial charge in [0.15, 0.2) is 6.10 Å². The van der Waals surface area contributed by atoms with Gasteiger partial charge in [-0.3, -0.25) is 14.4 Å².